The van der Waals surface area contributed by atoms with Gasteiger partial charge in [0.15, 0.2) is 0 Å². The van der Waals surface area contributed by atoms with Crippen molar-refractivity contribution in [3.8, 4) is 0 Å². The second-order valence-electron chi connectivity index (χ2n) is 7.42. The van der Waals surface area contributed by atoms with Gasteiger partial charge in [0.2, 0.25) is 0 Å². The van der Waals surface area contributed by atoms with Gasteiger partial charge in [0, 0.05) is 43.2 Å². The average Bonchev–Trinajstić information content (AvgIpc) is 3.15. The zero-order valence-corrected chi connectivity index (χ0v) is 16.0. The molecule has 0 bridgehead atoms. The SMILES string of the molecule is Cc1sc2cc(C(=O)N3CCC(C)CC3)[nH]c2c1CN1CCOCC1. The minimum Gasteiger partial charge on any atom is -0.379 e. The Morgan fingerprint density at radius 2 is 2.00 bits per heavy atom. The summed E-state index contributed by atoms with van der Waals surface area (Å²) in [6.45, 7) is 10.7. The number of thiophene rings is 1. The monoisotopic (exact) mass is 361 g/mol. The van der Waals surface area contributed by atoms with Crippen LogP contribution in [0.4, 0.5) is 0 Å². The van der Waals surface area contributed by atoms with Crippen LogP contribution in [0.5, 0.6) is 0 Å². The molecular formula is C19H27N3O2S. The number of amides is 1. The number of H-pyrrole nitrogens is 1. The number of hydrogen-bond donors (Lipinski definition) is 1. The Morgan fingerprint density at radius 3 is 2.72 bits per heavy atom. The van der Waals surface area contributed by atoms with E-state index in [1.54, 1.807) is 11.3 Å². The Morgan fingerprint density at radius 1 is 1.28 bits per heavy atom. The number of aryl methyl sites for hydroxylation is 1. The highest BCUT2D eigenvalue weighted by Gasteiger charge is 2.24. The third kappa shape index (κ3) is 3.48. The third-order valence-corrected chi connectivity index (χ3v) is 6.65. The summed E-state index contributed by atoms with van der Waals surface area (Å²) in [5, 5.41) is 0. The first-order valence-corrected chi connectivity index (χ1v) is 10.1. The van der Waals surface area contributed by atoms with Gasteiger partial charge in [-0.2, -0.15) is 0 Å². The van der Waals surface area contributed by atoms with Crippen LogP contribution in [0, 0.1) is 12.8 Å². The highest BCUT2D eigenvalue weighted by atomic mass is 32.1. The molecule has 2 saturated heterocycles. The lowest BCUT2D eigenvalue weighted by atomic mass is 9.99. The number of likely N-dealkylation sites (tertiary alicyclic amines) is 1. The number of nitrogens with zero attached hydrogens (tertiary/aromatic N) is 2. The zero-order chi connectivity index (χ0) is 17.4. The van der Waals surface area contributed by atoms with E-state index in [0.717, 1.165) is 75.9 Å². The van der Waals surface area contributed by atoms with E-state index >= 15 is 0 Å². The van der Waals surface area contributed by atoms with Crippen LogP contribution in [0.15, 0.2) is 6.07 Å². The molecule has 6 heteroatoms. The van der Waals surface area contributed by atoms with Crippen molar-refractivity contribution in [1.29, 1.82) is 0 Å². The first kappa shape index (κ1) is 17.1. The maximum atomic E-state index is 12.8. The molecule has 2 aliphatic heterocycles. The molecule has 2 aromatic rings. The zero-order valence-electron chi connectivity index (χ0n) is 15.1. The molecule has 2 fully saturated rings. The number of aromatic nitrogens is 1. The van der Waals surface area contributed by atoms with Crippen LogP contribution in [0.3, 0.4) is 0 Å². The van der Waals surface area contributed by atoms with E-state index < -0.39 is 0 Å². The first-order chi connectivity index (χ1) is 12.1. The predicted octanol–water partition coefficient (Wildman–Crippen LogP) is 3.24. The van der Waals surface area contributed by atoms with Crippen molar-refractivity contribution in [1.82, 2.24) is 14.8 Å². The van der Waals surface area contributed by atoms with Crippen molar-refractivity contribution < 1.29 is 9.53 Å². The number of aromatic amines is 1. The summed E-state index contributed by atoms with van der Waals surface area (Å²) in [7, 11) is 0. The molecule has 0 saturated carbocycles. The molecule has 4 rings (SSSR count). The van der Waals surface area contributed by atoms with Crippen LogP contribution in [-0.4, -0.2) is 60.1 Å². The topological polar surface area (TPSA) is 48.6 Å². The Bertz CT molecular complexity index is 752. The van der Waals surface area contributed by atoms with Crippen LogP contribution in [0.1, 0.15) is 40.7 Å². The minimum absolute atomic E-state index is 0.158. The van der Waals surface area contributed by atoms with E-state index in [-0.39, 0.29) is 5.91 Å². The van der Waals surface area contributed by atoms with Gasteiger partial charge in [-0.1, -0.05) is 6.92 Å². The number of carbonyl (C=O) groups excluding carboxylic acids is 1. The number of piperidine rings is 1. The molecule has 0 atom stereocenters. The molecule has 136 valence electrons. The molecule has 1 N–H and O–H groups in total. The van der Waals surface area contributed by atoms with Gasteiger partial charge < -0.3 is 14.6 Å². The van der Waals surface area contributed by atoms with Gasteiger partial charge in [-0.15, -0.1) is 11.3 Å². The number of rotatable bonds is 3. The summed E-state index contributed by atoms with van der Waals surface area (Å²) >= 11 is 1.79. The van der Waals surface area contributed by atoms with Crippen LogP contribution >= 0.6 is 11.3 Å². The van der Waals surface area contributed by atoms with E-state index in [2.05, 4.69) is 29.8 Å². The van der Waals surface area contributed by atoms with Crippen molar-refractivity contribution >= 4 is 27.5 Å². The molecule has 0 unspecified atom stereocenters. The lowest BCUT2D eigenvalue weighted by Gasteiger charge is -2.29. The maximum absolute atomic E-state index is 12.8. The van der Waals surface area contributed by atoms with Crippen LogP contribution in [-0.2, 0) is 11.3 Å². The second kappa shape index (κ2) is 7.09. The minimum atomic E-state index is 0.158. The molecule has 1 amide bonds. The molecule has 5 nitrogen and oxygen atoms in total. The average molecular weight is 362 g/mol. The fraction of sp³-hybridized carbons (Fsp3) is 0.632. The lowest BCUT2D eigenvalue weighted by Crippen LogP contribution is -2.38. The molecule has 25 heavy (non-hydrogen) atoms. The van der Waals surface area contributed by atoms with Gasteiger partial charge in [-0.3, -0.25) is 9.69 Å². The normalized spacial score (nSPS) is 20.5. The Labute approximate surface area is 152 Å². The van der Waals surface area contributed by atoms with Crippen LogP contribution in [0.2, 0.25) is 0 Å². The number of carbonyl (C=O) groups is 1. The fourth-order valence-electron chi connectivity index (χ4n) is 3.81. The molecule has 4 heterocycles. The van der Waals surface area contributed by atoms with Gasteiger partial charge in [0.05, 0.1) is 23.4 Å². The number of nitrogens with one attached hydrogen (secondary N) is 1. The summed E-state index contributed by atoms with van der Waals surface area (Å²) in [4.78, 5) is 22.1. The van der Waals surface area contributed by atoms with Gasteiger partial charge in [-0.25, -0.2) is 0 Å². The van der Waals surface area contributed by atoms with Gasteiger partial charge in [0.1, 0.15) is 5.69 Å². The highest BCUT2D eigenvalue weighted by Crippen LogP contribution is 2.33. The lowest BCUT2D eigenvalue weighted by molar-refractivity contribution is 0.0343. The summed E-state index contributed by atoms with van der Waals surface area (Å²) in [5.74, 6) is 0.893. The third-order valence-electron chi connectivity index (χ3n) is 5.56. The Balaban J connectivity index is 1.54. The van der Waals surface area contributed by atoms with Gasteiger partial charge in [-0.05, 0) is 31.7 Å². The quantitative estimate of drug-likeness (QED) is 0.913. The smallest absolute Gasteiger partial charge is 0.270 e. The van der Waals surface area contributed by atoms with Crippen LogP contribution < -0.4 is 0 Å². The van der Waals surface area contributed by atoms with Crippen molar-refractivity contribution in [2.75, 3.05) is 39.4 Å². The molecule has 0 radical (unpaired) electrons. The first-order valence-electron chi connectivity index (χ1n) is 9.32. The largest absolute Gasteiger partial charge is 0.379 e. The number of hydrogen-bond acceptors (Lipinski definition) is 4. The molecule has 2 aliphatic rings. The second-order valence-corrected chi connectivity index (χ2v) is 8.68. The van der Waals surface area contributed by atoms with Crippen molar-refractivity contribution in [3.63, 3.8) is 0 Å². The number of morpholine rings is 1. The van der Waals surface area contributed by atoms with Crippen molar-refractivity contribution in [2.24, 2.45) is 5.92 Å². The standard InChI is InChI=1S/C19H27N3O2S/c1-13-3-5-22(6-4-13)19(23)16-11-17-18(20-16)15(14(2)25-17)12-21-7-9-24-10-8-21/h11,13,20H,3-10,12H2,1-2H3. The highest BCUT2D eigenvalue weighted by molar-refractivity contribution is 7.19. The molecule has 2 aromatic heterocycles. The van der Waals surface area contributed by atoms with E-state index in [9.17, 15) is 4.79 Å². The van der Waals surface area contributed by atoms with Crippen molar-refractivity contribution in [2.45, 2.75) is 33.2 Å². The molecule has 0 aromatic carbocycles. The summed E-state index contributed by atoms with van der Waals surface area (Å²) in [6, 6.07) is 2.05. The molecular weight excluding hydrogens is 334 g/mol. The van der Waals surface area contributed by atoms with E-state index in [1.807, 2.05) is 4.90 Å². The summed E-state index contributed by atoms with van der Waals surface area (Å²) in [5.41, 5.74) is 3.25. The number of ether oxygens (including phenoxy) is 1. The van der Waals surface area contributed by atoms with Gasteiger partial charge in [0.25, 0.3) is 5.91 Å². The fourth-order valence-corrected chi connectivity index (χ4v) is 4.89. The molecule has 0 spiro atoms. The maximum Gasteiger partial charge on any atom is 0.270 e. The number of fused-ring (bicyclic) bond motifs is 1. The van der Waals surface area contributed by atoms with Crippen molar-refractivity contribution in [3.05, 3.63) is 22.2 Å². The predicted molar refractivity (Wildman–Crippen MR) is 101 cm³/mol. The Kier molecular flexibility index (Phi) is 4.84. The van der Waals surface area contributed by atoms with Gasteiger partial charge >= 0.3 is 0 Å². The van der Waals surface area contributed by atoms with Crippen LogP contribution in [0.25, 0.3) is 10.2 Å². The van der Waals surface area contributed by atoms with E-state index in [4.69, 9.17) is 4.74 Å². The van der Waals surface area contributed by atoms with E-state index in [1.165, 1.54) is 15.1 Å². The summed E-state index contributed by atoms with van der Waals surface area (Å²) in [6.07, 6.45) is 2.23. The Hall–Kier alpha value is -1.37. The van der Waals surface area contributed by atoms with E-state index in [0.29, 0.717) is 0 Å². The summed E-state index contributed by atoms with van der Waals surface area (Å²) < 4.78 is 6.65. The molecule has 0 aliphatic carbocycles.